The lowest BCUT2D eigenvalue weighted by Gasteiger charge is -2.28. The fourth-order valence-corrected chi connectivity index (χ4v) is 3.20. The van der Waals surface area contributed by atoms with E-state index in [9.17, 15) is 36.0 Å². The molecule has 2 fully saturated rings. The van der Waals surface area contributed by atoms with E-state index in [0.717, 1.165) is 4.90 Å². The topological polar surface area (TPSA) is 158 Å². The van der Waals surface area contributed by atoms with Gasteiger partial charge in [0.2, 0.25) is 0 Å². The van der Waals surface area contributed by atoms with Crippen LogP contribution in [-0.4, -0.2) is 74.2 Å². The normalized spacial score (nSPS) is 22.7. The zero-order valence-electron chi connectivity index (χ0n) is 13.5. The Morgan fingerprint density at radius 3 is 2.56 bits per heavy atom. The van der Waals surface area contributed by atoms with Crippen molar-refractivity contribution in [3.8, 4) is 0 Å². The van der Waals surface area contributed by atoms with Gasteiger partial charge in [0.05, 0.1) is 12.6 Å². The number of hydroxylamine groups is 3. The van der Waals surface area contributed by atoms with Gasteiger partial charge in [-0.1, -0.05) is 0 Å². The van der Waals surface area contributed by atoms with Gasteiger partial charge in [-0.25, -0.2) is 15.1 Å². The van der Waals surface area contributed by atoms with E-state index in [4.69, 9.17) is 10.6 Å². The van der Waals surface area contributed by atoms with E-state index in [-0.39, 0.29) is 37.6 Å². The Labute approximate surface area is 150 Å². The predicted molar refractivity (Wildman–Crippen MR) is 76.1 cm³/mol. The van der Waals surface area contributed by atoms with Gasteiger partial charge in [0, 0.05) is 13.1 Å². The van der Waals surface area contributed by atoms with Gasteiger partial charge in [-0.2, -0.15) is 26.7 Å². The number of hydrogen-bond acceptors (Lipinski definition) is 9. The lowest BCUT2D eigenvalue weighted by atomic mass is 10.0. The highest BCUT2D eigenvalue weighted by atomic mass is 32.3. The molecule has 0 aromatic rings. The van der Waals surface area contributed by atoms with Crippen LogP contribution in [0.5, 0.6) is 0 Å². The summed E-state index contributed by atoms with van der Waals surface area (Å²) in [5.41, 5.74) is 7.26. The van der Waals surface area contributed by atoms with Crippen molar-refractivity contribution < 1.29 is 49.3 Å². The number of amides is 3. The number of carbonyl (C=O) groups is 3. The standard InChI is InChI=1S/C11H15F3N4O8S/c12-11(13,14)9(20)25-27(22,23)26-18-6-1-2-7(17(5-6)10(18)21)8(19)16-24-4-3-15/h6-7H,1-5,15H2,(H,16,19)/t6-,7+/m1/s1. The summed E-state index contributed by atoms with van der Waals surface area (Å²) in [6.45, 7) is 0.0232. The highest BCUT2D eigenvalue weighted by Crippen LogP contribution is 2.31. The molecule has 0 unspecified atom stereocenters. The molecular weight excluding hydrogens is 405 g/mol. The Morgan fingerprint density at radius 2 is 1.96 bits per heavy atom. The summed E-state index contributed by atoms with van der Waals surface area (Å²) >= 11 is 0. The summed E-state index contributed by atoms with van der Waals surface area (Å²) in [5, 5.41) is 0.257. The first-order valence-electron chi connectivity index (χ1n) is 7.43. The average Bonchev–Trinajstić information content (AvgIpc) is 2.78. The molecule has 2 heterocycles. The van der Waals surface area contributed by atoms with E-state index >= 15 is 0 Å². The molecule has 2 saturated heterocycles. The fraction of sp³-hybridized carbons (Fsp3) is 0.727. The van der Waals surface area contributed by atoms with Crippen LogP contribution in [0, 0.1) is 0 Å². The molecule has 0 saturated carbocycles. The molecule has 3 amide bonds. The number of rotatable bonds is 7. The van der Waals surface area contributed by atoms with Crippen LogP contribution in [0.3, 0.4) is 0 Å². The van der Waals surface area contributed by atoms with Crippen molar-refractivity contribution in [2.45, 2.75) is 31.1 Å². The number of urea groups is 1. The molecule has 27 heavy (non-hydrogen) atoms. The van der Waals surface area contributed by atoms with E-state index in [1.54, 1.807) is 0 Å². The number of nitrogens with two attached hydrogens (primary N) is 1. The molecule has 0 radical (unpaired) electrons. The van der Waals surface area contributed by atoms with Crippen molar-refractivity contribution in [1.29, 1.82) is 0 Å². The molecule has 2 aliphatic rings. The minimum Gasteiger partial charge on any atom is -0.328 e. The summed E-state index contributed by atoms with van der Waals surface area (Å²) in [4.78, 5) is 40.6. The van der Waals surface area contributed by atoms with Crippen molar-refractivity contribution in [2.75, 3.05) is 19.7 Å². The second-order valence-electron chi connectivity index (χ2n) is 5.46. The molecule has 12 nitrogen and oxygen atoms in total. The van der Waals surface area contributed by atoms with Gasteiger partial charge in [0.1, 0.15) is 6.04 Å². The number of nitrogens with zero attached hydrogens (tertiary/aromatic N) is 2. The van der Waals surface area contributed by atoms with Gasteiger partial charge in [0.25, 0.3) is 5.91 Å². The first-order valence-corrected chi connectivity index (χ1v) is 8.76. The fourth-order valence-electron chi connectivity index (χ4n) is 2.51. The quantitative estimate of drug-likeness (QED) is 0.371. The maximum Gasteiger partial charge on any atom is 0.492 e. The predicted octanol–water partition coefficient (Wildman–Crippen LogP) is -1.46. The summed E-state index contributed by atoms with van der Waals surface area (Å²) in [6, 6.07) is -2.98. The molecule has 0 aliphatic carbocycles. The molecular formula is C11H15F3N4O8S. The van der Waals surface area contributed by atoms with Crippen molar-refractivity contribution in [2.24, 2.45) is 5.73 Å². The Bertz CT molecular complexity index is 715. The van der Waals surface area contributed by atoms with Crippen LogP contribution in [0.4, 0.5) is 18.0 Å². The lowest BCUT2D eigenvalue weighted by Crippen LogP contribution is -2.50. The van der Waals surface area contributed by atoms with Crippen molar-refractivity contribution in [1.82, 2.24) is 15.4 Å². The van der Waals surface area contributed by atoms with Crippen LogP contribution in [-0.2, 0) is 33.3 Å². The first kappa shape index (κ1) is 21.1. The number of piperidine rings is 1. The van der Waals surface area contributed by atoms with Gasteiger partial charge in [-0.3, -0.25) is 9.63 Å². The Hall–Kier alpha value is -2.17. The van der Waals surface area contributed by atoms with Gasteiger partial charge in [0.15, 0.2) is 0 Å². The molecule has 3 N–H and O–H groups in total. The SMILES string of the molecule is NCCONC(=O)[C@@H]1CC[C@@H]2CN1C(=O)N2OS(=O)(=O)OC(=O)C(F)(F)F. The third-order valence-corrected chi connectivity index (χ3v) is 4.30. The highest BCUT2D eigenvalue weighted by Gasteiger charge is 2.51. The van der Waals surface area contributed by atoms with E-state index in [2.05, 4.69) is 13.9 Å². The van der Waals surface area contributed by atoms with Crippen molar-refractivity contribution >= 4 is 28.3 Å². The second kappa shape index (κ2) is 7.83. The van der Waals surface area contributed by atoms with Crippen LogP contribution in [0.25, 0.3) is 0 Å². The van der Waals surface area contributed by atoms with Crippen molar-refractivity contribution in [3.05, 3.63) is 0 Å². The number of alkyl halides is 3. The number of carbonyl (C=O) groups excluding carboxylic acids is 3. The monoisotopic (exact) mass is 420 g/mol. The average molecular weight is 420 g/mol. The molecule has 0 aromatic heterocycles. The lowest BCUT2D eigenvalue weighted by molar-refractivity contribution is -0.191. The van der Waals surface area contributed by atoms with E-state index in [0.29, 0.717) is 0 Å². The number of fused-ring (bicyclic) bond motifs is 2. The summed E-state index contributed by atoms with van der Waals surface area (Å²) < 4.78 is 66.7. The molecule has 154 valence electrons. The van der Waals surface area contributed by atoms with Crippen LogP contribution in [0.15, 0.2) is 0 Å². The van der Waals surface area contributed by atoms with Gasteiger partial charge in [-0.05, 0) is 12.8 Å². The maximum absolute atomic E-state index is 12.3. The second-order valence-corrected chi connectivity index (χ2v) is 6.59. The third-order valence-electron chi connectivity index (χ3n) is 3.60. The molecule has 2 bridgehead atoms. The molecule has 0 spiro atoms. The first-order chi connectivity index (χ1) is 12.5. The number of nitrogens with one attached hydrogen (secondary N) is 1. The van der Waals surface area contributed by atoms with Gasteiger partial charge >= 0.3 is 28.6 Å². The Balaban J connectivity index is 2.02. The zero-order chi connectivity index (χ0) is 20.4. The van der Waals surface area contributed by atoms with E-state index in [1.165, 1.54) is 0 Å². The smallest absolute Gasteiger partial charge is 0.328 e. The van der Waals surface area contributed by atoms with E-state index in [1.807, 2.05) is 0 Å². The summed E-state index contributed by atoms with van der Waals surface area (Å²) in [5.74, 6) is -3.71. The van der Waals surface area contributed by atoms with Crippen LogP contribution in [0.1, 0.15) is 12.8 Å². The molecule has 2 rings (SSSR count). The minimum absolute atomic E-state index is 0.0209. The molecule has 16 heteroatoms. The minimum atomic E-state index is -5.57. The molecule has 2 aliphatic heterocycles. The number of halogens is 3. The molecule has 0 aromatic carbocycles. The van der Waals surface area contributed by atoms with Crippen molar-refractivity contribution in [3.63, 3.8) is 0 Å². The zero-order valence-corrected chi connectivity index (χ0v) is 14.3. The van der Waals surface area contributed by atoms with E-state index < -0.39 is 46.6 Å². The Morgan fingerprint density at radius 1 is 1.30 bits per heavy atom. The number of hydrogen-bond donors (Lipinski definition) is 2. The van der Waals surface area contributed by atoms with Crippen LogP contribution in [0.2, 0.25) is 0 Å². The summed E-state index contributed by atoms with van der Waals surface area (Å²) in [6.07, 6.45) is -5.37. The largest absolute Gasteiger partial charge is 0.492 e. The van der Waals surface area contributed by atoms with Crippen LogP contribution >= 0.6 is 0 Å². The summed E-state index contributed by atoms with van der Waals surface area (Å²) in [7, 11) is -5.50. The highest BCUT2D eigenvalue weighted by molar-refractivity contribution is 7.82. The third kappa shape index (κ3) is 4.96. The molecule has 2 atom stereocenters. The van der Waals surface area contributed by atoms with Crippen LogP contribution < -0.4 is 11.2 Å². The Kier molecular flexibility index (Phi) is 6.13. The van der Waals surface area contributed by atoms with Gasteiger partial charge in [-0.15, -0.1) is 4.28 Å². The maximum atomic E-state index is 12.3. The van der Waals surface area contributed by atoms with Gasteiger partial charge < -0.3 is 14.8 Å².